The van der Waals surface area contributed by atoms with Gasteiger partial charge in [0.2, 0.25) is 0 Å². The highest BCUT2D eigenvalue weighted by Gasteiger charge is 2.30. The van der Waals surface area contributed by atoms with Crippen molar-refractivity contribution >= 4 is 21.6 Å². The Balaban J connectivity index is 1.58. The first kappa shape index (κ1) is 18.5. The third-order valence-corrected chi connectivity index (χ3v) is 7.16. The van der Waals surface area contributed by atoms with Crippen molar-refractivity contribution in [3.05, 3.63) is 59.7 Å². The lowest BCUT2D eigenvalue weighted by molar-refractivity contribution is 0.251. The molecule has 138 valence electrons. The van der Waals surface area contributed by atoms with E-state index in [0.717, 1.165) is 36.8 Å². The molecule has 26 heavy (non-hydrogen) atoms. The van der Waals surface area contributed by atoms with Crippen LogP contribution in [0.2, 0.25) is 0 Å². The Morgan fingerprint density at radius 3 is 2.35 bits per heavy atom. The SMILES string of the molecule is Cc1ccccc1CNC(=O)Nc1ccc(S(=O)(=O)C2CCCC2)cc1. The summed E-state index contributed by atoms with van der Waals surface area (Å²) in [7, 11) is -3.26. The molecule has 0 bridgehead atoms. The summed E-state index contributed by atoms with van der Waals surface area (Å²) in [4.78, 5) is 12.4. The molecular weight excluding hydrogens is 348 g/mol. The van der Waals surface area contributed by atoms with Crippen LogP contribution in [0.5, 0.6) is 0 Å². The van der Waals surface area contributed by atoms with Crippen LogP contribution >= 0.6 is 0 Å². The van der Waals surface area contributed by atoms with Gasteiger partial charge in [-0.3, -0.25) is 0 Å². The summed E-state index contributed by atoms with van der Waals surface area (Å²) < 4.78 is 25.1. The molecular formula is C20H24N2O3S. The number of nitrogens with one attached hydrogen (secondary N) is 2. The summed E-state index contributed by atoms with van der Waals surface area (Å²) in [6, 6.07) is 14.0. The molecule has 3 rings (SSSR count). The molecule has 0 atom stereocenters. The quantitative estimate of drug-likeness (QED) is 0.832. The highest BCUT2D eigenvalue weighted by Crippen LogP contribution is 2.30. The summed E-state index contributed by atoms with van der Waals surface area (Å²) in [6.45, 7) is 2.44. The van der Waals surface area contributed by atoms with E-state index >= 15 is 0 Å². The maximum Gasteiger partial charge on any atom is 0.319 e. The van der Waals surface area contributed by atoms with Crippen LogP contribution in [0.1, 0.15) is 36.8 Å². The summed E-state index contributed by atoms with van der Waals surface area (Å²) >= 11 is 0. The zero-order valence-electron chi connectivity index (χ0n) is 14.9. The molecule has 1 fully saturated rings. The minimum Gasteiger partial charge on any atom is -0.334 e. The molecule has 0 heterocycles. The molecule has 1 aliphatic rings. The van der Waals surface area contributed by atoms with Crippen LogP contribution in [-0.4, -0.2) is 19.7 Å². The van der Waals surface area contributed by atoms with Crippen LogP contribution in [0.3, 0.4) is 0 Å². The number of anilines is 1. The number of aryl methyl sites for hydroxylation is 1. The average Bonchev–Trinajstić information content (AvgIpc) is 3.17. The molecule has 6 heteroatoms. The monoisotopic (exact) mass is 372 g/mol. The lowest BCUT2D eigenvalue weighted by Crippen LogP contribution is -2.28. The van der Waals surface area contributed by atoms with Gasteiger partial charge in [0.25, 0.3) is 0 Å². The molecule has 1 aliphatic carbocycles. The minimum atomic E-state index is -3.26. The third-order valence-electron chi connectivity index (χ3n) is 4.88. The number of hydrogen-bond donors (Lipinski definition) is 2. The molecule has 2 aromatic rings. The van der Waals surface area contributed by atoms with Crippen LogP contribution in [0.4, 0.5) is 10.5 Å². The Labute approximate surface area is 154 Å². The molecule has 0 unspecified atom stereocenters. The van der Waals surface area contributed by atoms with Crippen molar-refractivity contribution in [2.45, 2.75) is 49.3 Å². The number of amides is 2. The number of urea groups is 1. The highest BCUT2D eigenvalue weighted by atomic mass is 32.2. The van der Waals surface area contributed by atoms with E-state index in [-0.39, 0.29) is 11.3 Å². The van der Waals surface area contributed by atoms with Gasteiger partial charge in [0.1, 0.15) is 0 Å². The first-order valence-electron chi connectivity index (χ1n) is 8.90. The second-order valence-corrected chi connectivity index (χ2v) is 8.94. The second-order valence-electron chi connectivity index (χ2n) is 6.71. The molecule has 0 radical (unpaired) electrons. The fraction of sp³-hybridized carbons (Fsp3) is 0.350. The highest BCUT2D eigenvalue weighted by molar-refractivity contribution is 7.92. The second kappa shape index (κ2) is 7.91. The molecule has 2 N–H and O–H groups in total. The summed E-state index contributed by atoms with van der Waals surface area (Å²) in [5, 5.41) is 5.28. The Bertz CT molecular complexity index is 870. The first-order chi connectivity index (χ1) is 12.5. The van der Waals surface area contributed by atoms with Crippen LogP contribution in [0, 0.1) is 6.92 Å². The van der Waals surface area contributed by atoms with E-state index < -0.39 is 9.84 Å². The third kappa shape index (κ3) is 4.25. The van der Waals surface area contributed by atoms with E-state index in [1.165, 1.54) is 0 Å². The maximum atomic E-state index is 12.6. The number of benzene rings is 2. The lowest BCUT2D eigenvalue weighted by atomic mass is 10.1. The molecule has 0 spiro atoms. The van der Waals surface area contributed by atoms with Gasteiger partial charge in [-0.15, -0.1) is 0 Å². The van der Waals surface area contributed by atoms with Crippen molar-refractivity contribution < 1.29 is 13.2 Å². The number of sulfone groups is 1. The van der Waals surface area contributed by atoms with Crippen molar-refractivity contribution in [1.82, 2.24) is 5.32 Å². The predicted octanol–water partition coefficient (Wildman–Crippen LogP) is 4.03. The average molecular weight is 372 g/mol. The van der Waals surface area contributed by atoms with E-state index in [2.05, 4.69) is 10.6 Å². The molecule has 0 aliphatic heterocycles. The Hall–Kier alpha value is -2.34. The normalized spacial score (nSPS) is 15.0. The van der Waals surface area contributed by atoms with Crippen LogP contribution in [-0.2, 0) is 16.4 Å². The summed E-state index contributed by atoms with van der Waals surface area (Å²) in [5.41, 5.74) is 2.74. The van der Waals surface area contributed by atoms with Gasteiger partial charge < -0.3 is 10.6 Å². The summed E-state index contributed by atoms with van der Waals surface area (Å²) in [5.74, 6) is 0. The molecule has 0 saturated heterocycles. The van der Waals surface area contributed by atoms with Gasteiger partial charge in [-0.05, 0) is 55.2 Å². The largest absolute Gasteiger partial charge is 0.334 e. The number of carbonyl (C=O) groups is 1. The molecule has 0 aromatic heterocycles. The first-order valence-corrected chi connectivity index (χ1v) is 10.4. The van der Waals surface area contributed by atoms with Crippen molar-refractivity contribution in [3.8, 4) is 0 Å². The predicted molar refractivity (Wildman–Crippen MR) is 103 cm³/mol. The van der Waals surface area contributed by atoms with E-state index in [9.17, 15) is 13.2 Å². The van der Waals surface area contributed by atoms with Gasteiger partial charge in [0, 0.05) is 12.2 Å². The van der Waals surface area contributed by atoms with E-state index in [1.54, 1.807) is 24.3 Å². The van der Waals surface area contributed by atoms with Crippen molar-refractivity contribution in [3.63, 3.8) is 0 Å². The van der Waals surface area contributed by atoms with E-state index in [1.807, 2.05) is 31.2 Å². The Morgan fingerprint density at radius 2 is 1.69 bits per heavy atom. The van der Waals surface area contributed by atoms with Crippen LogP contribution < -0.4 is 10.6 Å². The number of rotatable bonds is 5. The van der Waals surface area contributed by atoms with Crippen LogP contribution in [0.25, 0.3) is 0 Å². The topological polar surface area (TPSA) is 75.3 Å². The van der Waals surface area contributed by atoms with Crippen LogP contribution in [0.15, 0.2) is 53.4 Å². The fourth-order valence-electron chi connectivity index (χ4n) is 3.28. The molecule has 2 amide bonds. The zero-order chi connectivity index (χ0) is 18.6. The van der Waals surface area contributed by atoms with E-state index in [4.69, 9.17) is 0 Å². The van der Waals surface area contributed by atoms with E-state index in [0.29, 0.717) is 17.1 Å². The lowest BCUT2D eigenvalue weighted by Gasteiger charge is -2.12. The van der Waals surface area contributed by atoms with Crippen molar-refractivity contribution in [2.24, 2.45) is 0 Å². The number of hydrogen-bond acceptors (Lipinski definition) is 3. The minimum absolute atomic E-state index is 0.265. The van der Waals surface area contributed by atoms with Gasteiger partial charge in [0.15, 0.2) is 9.84 Å². The van der Waals surface area contributed by atoms with Gasteiger partial charge in [-0.1, -0.05) is 37.1 Å². The molecule has 2 aromatic carbocycles. The molecule has 1 saturated carbocycles. The van der Waals surface area contributed by atoms with Gasteiger partial charge in [0.05, 0.1) is 10.1 Å². The standard InChI is InChI=1S/C20H24N2O3S/c1-15-6-2-3-7-16(15)14-21-20(23)22-17-10-12-19(13-11-17)26(24,25)18-8-4-5-9-18/h2-3,6-7,10-13,18H,4-5,8-9,14H2,1H3,(H2,21,22,23). The Morgan fingerprint density at radius 1 is 1.04 bits per heavy atom. The maximum absolute atomic E-state index is 12.6. The van der Waals surface area contributed by atoms with Gasteiger partial charge >= 0.3 is 6.03 Å². The van der Waals surface area contributed by atoms with Crippen molar-refractivity contribution in [2.75, 3.05) is 5.32 Å². The van der Waals surface area contributed by atoms with Gasteiger partial charge in [-0.25, -0.2) is 13.2 Å². The Kier molecular flexibility index (Phi) is 5.61. The smallest absolute Gasteiger partial charge is 0.319 e. The summed E-state index contributed by atoms with van der Waals surface area (Å²) in [6.07, 6.45) is 3.43. The van der Waals surface area contributed by atoms with Crippen molar-refractivity contribution in [1.29, 1.82) is 0 Å². The zero-order valence-corrected chi connectivity index (χ0v) is 15.7. The van der Waals surface area contributed by atoms with Gasteiger partial charge in [-0.2, -0.15) is 0 Å². The fourth-order valence-corrected chi connectivity index (χ4v) is 5.13. The molecule has 5 nitrogen and oxygen atoms in total. The number of carbonyl (C=O) groups excluding carboxylic acids is 1.